The Hall–Kier alpha value is -3.81. The maximum absolute atomic E-state index is 12.4. The molecule has 172 valence electrons. The summed E-state index contributed by atoms with van der Waals surface area (Å²) in [6.45, 7) is 1.99. The van der Waals surface area contributed by atoms with Gasteiger partial charge in [-0.05, 0) is 60.2 Å². The van der Waals surface area contributed by atoms with E-state index in [1.54, 1.807) is 6.20 Å². The number of nitrogens with two attached hydrogens (primary N) is 1. The van der Waals surface area contributed by atoms with Crippen LogP contribution in [0.2, 0.25) is 0 Å². The molecule has 1 aromatic heterocycles. The number of nitrogens with one attached hydrogen (secondary N) is 2. The van der Waals surface area contributed by atoms with E-state index in [-0.39, 0.29) is 17.9 Å². The highest BCUT2D eigenvalue weighted by molar-refractivity contribution is 5.97. The number of fused-ring (bicyclic) bond motifs is 1. The standard InChI is InChI=1S/C25H30N6O2/c1-30(2)24-22-10-7-20(14-18(22)11-12-27-24)29-25(33)28-15-17-5-8-21(9-6-17)31-13-3-4-19(16-31)23(26)32/h5-12,14,19H,3-4,13,15-16H2,1-2H3,(H2,26,32)(H2,28,29,33). The van der Waals surface area contributed by atoms with Crippen molar-refractivity contribution in [3.63, 3.8) is 0 Å². The van der Waals surface area contributed by atoms with E-state index >= 15 is 0 Å². The number of primary amides is 1. The molecule has 1 atom stereocenters. The lowest BCUT2D eigenvalue weighted by Gasteiger charge is -2.33. The zero-order valence-corrected chi connectivity index (χ0v) is 19.0. The number of anilines is 3. The quantitative estimate of drug-likeness (QED) is 0.539. The van der Waals surface area contributed by atoms with Gasteiger partial charge in [0.2, 0.25) is 5.91 Å². The predicted molar refractivity (Wildman–Crippen MR) is 133 cm³/mol. The Morgan fingerprint density at radius 2 is 1.94 bits per heavy atom. The molecule has 1 unspecified atom stereocenters. The number of aromatic nitrogens is 1. The molecule has 4 N–H and O–H groups in total. The fourth-order valence-electron chi connectivity index (χ4n) is 4.22. The molecule has 0 bridgehead atoms. The number of benzene rings is 2. The summed E-state index contributed by atoms with van der Waals surface area (Å²) in [7, 11) is 3.91. The number of hydrogen-bond acceptors (Lipinski definition) is 5. The molecule has 2 aromatic carbocycles. The van der Waals surface area contributed by atoms with Crippen LogP contribution in [0.3, 0.4) is 0 Å². The number of amides is 3. The summed E-state index contributed by atoms with van der Waals surface area (Å²) in [5.41, 5.74) is 8.27. The van der Waals surface area contributed by atoms with Crippen molar-refractivity contribution in [3.05, 3.63) is 60.3 Å². The van der Waals surface area contributed by atoms with Gasteiger partial charge in [-0.25, -0.2) is 9.78 Å². The molecule has 8 heteroatoms. The van der Waals surface area contributed by atoms with E-state index in [9.17, 15) is 9.59 Å². The number of nitrogens with zero attached hydrogens (tertiary/aromatic N) is 3. The number of piperidine rings is 1. The second-order valence-corrected chi connectivity index (χ2v) is 8.63. The van der Waals surface area contributed by atoms with E-state index in [1.807, 2.05) is 67.5 Å². The molecule has 0 spiro atoms. The molecule has 4 rings (SSSR count). The Morgan fingerprint density at radius 3 is 2.67 bits per heavy atom. The first-order valence-corrected chi connectivity index (χ1v) is 11.1. The largest absolute Gasteiger partial charge is 0.371 e. The van der Waals surface area contributed by atoms with Crippen molar-refractivity contribution < 1.29 is 9.59 Å². The van der Waals surface area contributed by atoms with Crippen molar-refractivity contribution >= 4 is 39.9 Å². The third kappa shape index (κ3) is 5.34. The first-order chi connectivity index (χ1) is 15.9. The van der Waals surface area contributed by atoms with E-state index in [1.165, 1.54) is 0 Å². The van der Waals surface area contributed by atoms with Gasteiger partial charge >= 0.3 is 6.03 Å². The number of hydrogen-bond donors (Lipinski definition) is 3. The second kappa shape index (κ2) is 9.77. The molecule has 3 aromatic rings. The van der Waals surface area contributed by atoms with E-state index in [2.05, 4.69) is 20.5 Å². The normalized spacial score (nSPS) is 15.8. The average molecular weight is 447 g/mol. The van der Waals surface area contributed by atoms with Gasteiger partial charge in [0.15, 0.2) is 0 Å². The highest BCUT2D eigenvalue weighted by Gasteiger charge is 2.24. The van der Waals surface area contributed by atoms with Crippen LogP contribution in [0.15, 0.2) is 54.7 Å². The minimum Gasteiger partial charge on any atom is -0.371 e. The van der Waals surface area contributed by atoms with Gasteiger partial charge < -0.3 is 26.2 Å². The van der Waals surface area contributed by atoms with Gasteiger partial charge in [0, 0.05) is 56.7 Å². The van der Waals surface area contributed by atoms with Crippen molar-refractivity contribution in [2.75, 3.05) is 42.3 Å². The van der Waals surface area contributed by atoms with Crippen LogP contribution in [0, 0.1) is 5.92 Å². The predicted octanol–water partition coefficient (Wildman–Crippen LogP) is 3.32. The molecule has 0 radical (unpaired) electrons. The van der Waals surface area contributed by atoms with Gasteiger partial charge in [0.05, 0.1) is 5.92 Å². The molecule has 0 saturated carbocycles. The molecule has 1 aliphatic rings. The van der Waals surface area contributed by atoms with Crippen molar-refractivity contribution in [3.8, 4) is 0 Å². The summed E-state index contributed by atoms with van der Waals surface area (Å²) in [5.74, 6) is 0.569. The number of pyridine rings is 1. The van der Waals surface area contributed by atoms with Crippen molar-refractivity contribution in [2.24, 2.45) is 11.7 Å². The minimum absolute atomic E-state index is 0.0929. The molecular weight excluding hydrogens is 416 g/mol. The number of urea groups is 1. The Bertz CT molecular complexity index is 1150. The highest BCUT2D eigenvalue weighted by Crippen LogP contribution is 2.26. The van der Waals surface area contributed by atoms with Crippen LogP contribution in [-0.2, 0) is 11.3 Å². The van der Waals surface area contributed by atoms with Gasteiger partial charge in [-0.15, -0.1) is 0 Å². The van der Waals surface area contributed by atoms with E-state index in [0.29, 0.717) is 13.1 Å². The van der Waals surface area contributed by atoms with Crippen LogP contribution in [0.5, 0.6) is 0 Å². The average Bonchev–Trinajstić information content (AvgIpc) is 2.82. The van der Waals surface area contributed by atoms with Crippen LogP contribution in [-0.4, -0.2) is 44.1 Å². The SMILES string of the molecule is CN(C)c1nccc2cc(NC(=O)NCc3ccc(N4CCCC(C(N)=O)C4)cc3)ccc12. The first kappa shape index (κ1) is 22.4. The van der Waals surface area contributed by atoms with Gasteiger partial charge in [-0.1, -0.05) is 12.1 Å². The Morgan fingerprint density at radius 1 is 1.15 bits per heavy atom. The Balaban J connectivity index is 1.33. The molecule has 3 amide bonds. The second-order valence-electron chi connectivity index (χ2n) is 8.63. The number of rotatable bonds is 6. The summed E-state index contributed by atoms with van der Waals surface area (Å²) in [6, 6.07) is 15.5. The lowest BCUT2D eigenvalue weighted by Crippen LogP contribution is -2.41. The third-order valence-electron chi connectivity index (χ3n) is 6.00. The molecule has 0 aliphatic carbocycles. The van der Waals surface area contributed by atoms with Crippen LogP contribution in [0.4, 0.5) is 22.0 Å². The fourth-order valence-corrected chi connectivity index (χ4v) is 4.22. The molecule has 1 saturated heterocycles. The molecule has 1 aliphatic heterocycles. The van der Waals surface area contributed by atoms with Gasteiger partial charge in [-0.2, -0.15) is 0 Å². The van der Waals surface area contributed by atoms with E-state index < -0.39 is 0 Å². The first-order valence-electron chi connectivity index (χ1n) is 11.1. The van der Waals surface area contributed by atoms with Gasteiger partial charge in [-0.3, -0.25) is 4.79 Å². The Kier molecular flexibility index (Phi) is 6.63. The topological polar surface area (TPSA) is 104 Å². The summed E-state index contributed by atoms with van der Waals surface area (Å²) in [4.78, 5) is 32.5. The van der Waals surface area contributed by atoms with Crippen molar-refractivity contribution in [1.82, 2.24) is 10.3 Å². The maximum atomic E-state index is 12.4. The lowest BCUT2D eigenvalue weighted by atomic mass is 9.97. The smallest absolute Gasteiger partial charge is 0.319 e. The van der Waals surface area contributed by atoms with Crippen LogP contribution < -0.4 is 26.2 Å². The molecule has 8 nitrogen and oxygen atoms in total. The van der Waals surface area contributed by atoms with E-state index in [0.717, 1.165) is 52.9 Å². The van der Waals surface area contributed by atoms with E-state index in [4.69, 9.17) is 5.73 Å². The number of carbonyl (C=O) groups excluding carboxylic acids is 2. The van der Waals surface area contributed by atoms with Crippen LogP contribution in [0.25, 0.3) is 10.8 Å². The maximum Gasteiger partial charge on any atom is 0.319 e. The highest BCUT2D eigenvalue weighted by atomic mass is 16.2. The molecular formula is C25H30N6O2. The van der Waals surface area contributed by atoms with Gasteiger partial charge in [0.1, 0.15) is 5.82 Å². The summed E-state index contributed by atoms with van der Waals surface area (Å²) >= 11 is 0. The molecule has 2 heterocycles. The fraction of sp³-hybridized carbons (Fsp3) is 0.320. The molecule has 1 fully saturated rings. The van der Waals surface area contributed by atoms with Crippen LogP contribution >= 0.6 is 0 Å². The molecule has 33 heavy (non-hydrogen) atoms. The summed E-state index contributed by atoms with van der Waals surface area (Å²) in [6.07, 6.45) is 3.58. The summed E-state index contributed by atoms with van der Waals surface area (Å²) < 4.78 is 0. The zero-order chi connectivity index (χ0) is 23.4. The summed E-state index contributed by atoms with van der Waals surface area (Å²) in [5, 5.41) is 7.84. The van der Waals surface area contributed by atoms with Gasteiger partial charge in [0.25, 0.3) is 0 Å². The Labute approximate surface area is 193 Å². The van der Waals surface area contributed by atoms with Crippen molar-refractivity contribution in [1.29, 1.82) is 0 Å². The lowest BCUT2D eigenvalue weighted by molar-refractivity contribution is -0.122. The third-order valence-corrected chi connectivity index (χ3v) is 6.00. The monoisotopic (exact) mass is 446 g/mol. The van der Waals surface area contributed by atoms with Crippen LogP contribution in [0.1, 0.15) is 18.4 Å². The number of carbonyl (C=O) groups is 2. The van der Waals surface area contributed by atoms with Crippen molar-refractivity contribution in [2.45, 2.75) is 19.4 Å². The zero-order valence-electron chi connectivity index (χ0n) is 19.0. The minimum atomic E-state index is -0.263.